The zero-order valence-corrected chi connectivity index (χ0v) is 12.2. The Balaban J connectivity index is 2.33. The number of aromatic nitrogens is 3. The van der Waals surface area contributed by atoms with E-state index in [1.165, 1.54) is 0 Å². The van der Waals surface area contributed by atoms with E-state index in [9.17, 15) is 0 Å². The average Bonchev–Trinajstić information content (AvgIpc) is 2.76. The van der Waals surface area contributed by atoms with Crippen molar-refractivity contribution in [3.05, 3.63) is 38.6 Å². The normalized spacial score (nSPS) is 12.7. The van der Waals surface area contributed by atoms with Crippen LogP contribution in [0, 0.1) is 0 Å². The molecule has 2 aromatic heterocycles. The van der Waals surface area contributed by atoms with E-state index in [1.807, 2.05) is 13.0 Å². The summed E-state index contributed by atoms with van der Waals surface area (Å²) in [5, 5.41) is 3.84. The number of rotatable bonds is 3. The van der Waals surface area contributed by atoms with Gasteiger partial charge in [0, 0.05) is 21.6 Å². The summed E-state index contributed by atoms with van der Waals surface area (Å²) in [5.41, 5.74) is 6.72. The Bertz CT molecular complexity index is 529. The van der Waals surface area contributed by atoms with Crippen LogP contribution in [-0.4, -0.2) is 15.1 Å². The number of hydrogen-bond donors (Lipinski definition) is 1. The van der Waals surface area contributed by atoms with Gasteiger partial charge in [0.05, 0.1) is 5.69 Å². The van der Waals surface area contributed by atoms with Crippen molar-refractivity contribution in [1.82, 2.24) is 15.1 Å². The lowest BCUT2D eigenvalue weighted by Crippen LogP contribution is -2.16. The summed E-state index contributed by atoms with van der Waals surface area (Å²) in [4.78, 5) is 8.44. The highest BCUT2D eigenvalue weighted by Crippen LogP contribution is 2.26. The quantitative estimate of drug-likeness (QED) is 0.909. The monoisotopic (exact) mass is 360 g/mol. The van der Waals surface area contributed by atoms with Crippen molar-refractivity contribution >= 4 is 31.9 Å². The van der Waals surface area contributed by atoms with E-state index < -0.39 is 6.04 Å². The molecule has 5 nitrogen and oxygen atoms in total. The maximum Gasteiger partial charge on any atom is 0.226 e. The van der Waals surface area contributed by atoms with Crippen molar-refractivity contribution < 1.29 is 4.52 Å². The maximum atomic E-state index is 6.04. The Morgan fingerprint density at radius 3 is 2.82 bits per heavy atom. The smallest absolute Gasteiger partial charge is 0.226 e. The molecule has 0 radical (unpaired) electrons. The van der Waals surface area contributed by atoms with Crippen LogP contribution < -0.4 is 5.73 Å². The largest absolute Gasteiger partial charge is 0.339 e. The molecule has 0 amide bonds. The van der Waals surface area contributed by atoms with E-state index in [1.54, 1.807) is 6.20 Å². The predicted molar refractivity (Wildman–Crippen MR) is 69.3 cm³/mol. The van der Waals surface area contributed by atoms with Gasteiger partial charge in [-0.1, -0.05) is 12.1 Å². The highest BCUT2D eigenvalue weighted by atomic mass is 79.9. The summed E-state index contributed by atoms with van der Waals surface area (Å²) in [6.45, 7) is 1.94. The van der Waals surface area contributed by atoms with Gasteiger partial charge in [0.15, 0.2) is 5.82 Å². The Hall–Kier alpha value is -0.790. The van der Waals surface area contributed by atoms with E-state index >= 15 is 0 Å². The van der Waals surface area contributed by atoms with Crippen molar-refractivity contribution in [2.75, 3.05) is 0 Å². The lowest BCUT2D eigenvalue weighted by Gasteiger charge is -2.08. The van der Waals surface area contributed by atoms with E-state index in [0.717, 1.165) is 8.95 Å². The first-order valence-electron chi connectivity index (χ1n) is 5.00. The van der Waals surface area contributed by atoms with Crippen LogP contribution in [0.2, 0.25) is 0 Å². The van der Waals surface area contributed by atoms with Crippen LogP contribution >= 0.6 is 31.9 Å². The van der Waals surface area contributed by atoms with Gasteiger partial charge in [-0.25, -0.2) is 0 Å². The second kappa shape index (κ2) is 5.24. The van der Waals surface area contributed by atoms with Gasteiger partial charge in [-0.05, 0) is 37.9 Å². The summed E-state index contributed by atoms with van der Waals surface area (Å²) in [6.07, 6.45) is 2.37. The molecule has 0 saturated carbocycles. The first-order valence-corrected chi connectivity index (χ1v) is 6.59. The summed E-state index contributed by atoms with van der Waals surface area (Å²) in [5.74, 6) is 1.01. The molecule has 0 spiro atoms. The fourth-order valence-electron chi connectivity index (χ4n) is 1.31. The minimum Gasteiger partial charge on any atom is -0.339 e. The molecule has 90 valence electrons. The molecule has 0 aliphatic carbocycles. The SMILES string of the molecule is CCc1nc(C(N)c2ncc(Br)cc2Br)no1. The predicted octanol–water partition coefficient (Wildman–Crippen LogP) is 2.60. The van der Waals surface area contributed by atoms with Crippen molar-refractivity contribution in [3.8, 4) is 0 Å². The van der Waals surface area contributed by atoms with Crippen molar-refractivity contribution in [2.45, 2.75) is 19.4 Å². The van der Waals surface area contributed by atoms with Gasteiger partial charge in [-0.3, -0.25) is 4.98 Å². The molecule has 0 fully saturated rings. The molecule has 1 unspecified atom stereocenters. The molecule has 2 N–H and O–H groups in total. The minimum atomic E-state index is -0.499. The van der Waals surface area contributed by atoms with Crippen LogP contribution in [0.3, 0.4) is 0 Å². The second-order valence-corrected chi connectivity index (χ2v) is 5.17. The second-order valence-electron chi connectivity index (χ2n) is 3.40. The van der Waals surface area contributed by atoms with Gasteiger partial charge >= 0.3 is 0 Å². The Labute approximate surface area is 115 Å². The molecular formula is C10H10Br2N4O. The number of nitrogens with two attached hydrogens (primary N) is 1. The molecule has 0 bridgehead atoms. The molecular weight excluding hydrogens is 352 g/mol. The van der Waals surface area contributed by atoms with E-state index in [0.29, 0.717) is 23.8 Å². The summed E-state index contributed by atoms with van der Waals surface area (Å²) < 4.78 is 6.71. The van der Waals surface area contributed by atoms with Crippen molar-refractivity contribution in [3.63, 3.8) is 0 Å². The fraction of sp³-hybridized carbons (Fsp3) is 0.300. The molecule has 0 aromatic carbocycles. The minimum absolute atomic E-state index is 0.442. The molecule has 0 aliphatic heterocycles. The van der Waals surface area contributed by atoms with Gasteiger partial charge in [0.1, 0.15) is 6.04 Å². The fourth-order valence-corrected chi connectivity index (χ4v) is 2.55. The first kappa shape index (κ1) is 12.7. The number of pyridine rings is 1. The molecule has 2 aromatic rings. The number of hydrogen-bond acceptors (Lipinski definition) is 5. The molecule has 2 rings (SSSR count). The van der Waals surface area contributed by atoms with Crippen LogP contribution in [0.25, 0.3) is 0 Å². The molecule has 1 atom stereocenters. The van der Waals surface area contributed by atoms with Crippen molar-refractivity contribution in [1.29, 1.82) is 0 Å². The van der Waals surface area contributed by atoms with Gasteiger partial charge in [-0.2, -0.15) is 4.98 Å². The first-order chi connectivity index (χ1) is 8.11. The maximum absolute atomic E-state index is 6.04. The summed E-state index contributed by atoms with van der Waals surface area (Å²) >= 11 is 6.74. The topological polar surface area (TPSA) is 77.8 Å². The van der Waals surface area contributed by atoms with Gasteiger partial charge in [-0.15, -0.1) is 0 Å². The van der Waals surface area contributed by atoms with Crippen molar-refractivity contribution in [2.24, 2.45) is 5.73 Å². The van der Waals surface area contributed by atoms with Crippen LogP contribution in [0.4, 0.5) is 0 Å². The lowest BCUT2D eigenvalue weighted by atomic mass is 10.2. The Morgan fingerprint density at radius 2 is 2.24 bits per heavy atom. The third kappa shape index (κ3) is 2.72. The van der Waals surface area contributed by atoms with Crippen LogP contribution in [-0.2, 0) is 6.42 Å². The number of aryl methyl sites for hydroxylation is 1. The zero-order valence-electron chi connectivity index (χ0n) is 9.02. The van der Waals surface area contributed by atoms with Gasteiger partial charge in [0.2, 0.25) is 5.89 Å². The number of nitrogens with zero attached hydrogens (tertiary/aromatic N) is 3. The average molecular weight is 362 g/mol. The zero-order chi connectivity index (χ0) is 12.4. The van der Waals surface area contributed by atoms with Crippen LogP contribution in [0.1, 0.15) is 30.4 Å². The lowest BCUT2D eigenvalue weighted by molar-refractivity contribution is 0.374. The third-order valence-electron chi connectivity index (χ3n) is 2.20. The van der Waals surface area contributed by atoms with Gasteiger partial charge in [0.25, 0.3) is 0 Å². The molecule has 7 heteroatoms. The molecule has 17 heavy (non-hydrogen) atoms. The van der Waals surface area contributed by atoms with Gasteiger partial charge < -0.3 is 10.3 Å². The Kier molecular flexibility index (Phi) is 3.90. The van der Waals surface area contributed by atoms with E-state index in [4.69, 9.17) is 10.3 Å². The third-order valence-corrected chi connectivity index (χ3v) is 3.26. The van der Waals surface area contributed by atoms with Crippen LogP contribution in [0.5, 0.6) is 0 Å². The molecule has 0 aliphatic rings. The molecule has 2 heterocycles. The van der Waals surface area contributed by atoms with Crippen LogP contribution in [0.15, 0.2) is 25.7 Å². The Morgan fingerprint density at radius 1 is 1.47 bits per heavy atom. The highest BCUT2D eigenvalue weighted by molar-refractivity contribution is 9.11. The van der Waals surface area contributed by atoms with E-state index in [2.05, 4.69) is 47.0 Å². The summed E-state index contributed by atoms with van der Waals surface area (Å²) in [6, 6.07) is 1.38. The summed E-state index contributed by atoms with van der Waals surface area (Å²) in [7, 11) is 0. The number of halogens is 2. The highest BCUT2D eigenvalue weighted by Gasteiger charge is 2.19. The van der Waals surface area contributed by atoms with E-state index in [-0.39, 0.29) is 0 Å². The standard InChI is InChI=1S/C10H10Br2N4O/c1-2-7-15-10(16-17-7)8(13)9-6(12)3-5(11)4-14-9/h3-4,8H,2,13H2,1H3. The molecule has 0 saturated heterocycles.